The van der Waals surface area contributed by atoms with E-state index in [-0.39, 0.29) is 23.0 Å². The van der Waals surface area contributed by atoms with E-state index >= 15 is 0 Å². The van der Waals surface area contributed by atoms with E-state index < -0.39 is 11.9 Å². The lowest BCUT2D eigenvalue weighted by molar-refractivity contribution is -0.117. The summed E-state index contributed by atoms with van der Waals surface area (Å²) in [6.45, 7) is 3.55. The maximum absolute atomic E-state index is 14.0. The summed E-state index contributed by atoms with van der Waals surface area (Å²) < 4.78 is 20.7. The minimum Gasteiger partial charge on any atom is -0.444 e. The van der Waals surface area contributed by atoms with Crippen molar-refractivity contribution in [2.45, 2.75) is 46.3 Å². The molecule has 8 heteroatoms. The average molecular weight is 382 g/mol. The highest BCUT2D eigenvalue weighted by Gasteiger charge is 2.13. The monoisotopic (exact) mass is 381 g/mol. The molecule has 0 aliphatic heterocycles. The quantitative estimate of drug-likeness (QED) is 0.683. The number of halogens is 2. The van der Waals surface area contributed by atoms with Crippen LogP contribution in [0.5, 0.6) is 0 Å². The first kappa shape index (κ1) is 19.9. The molecule has 0 aliphatic carbocycles. The number of Topliss-reactive ketones (excluding diaryl/α,β-unsaturated/α-hetero) is 1. The van der Waals surface area contributed by atoms with E-state index in [1.165, 1.54) is 0 Å². The number of nitrogens with zero attached hydrogens (tertiary/aromatic N) is 2. The third-order valence-corrected chi connectivity index (χ3v) is 4.12. The summed E-state index contributed by atoms with van der Waals surface area (Å²) in [7, 11) is 0. The Kier molecular flexibility index (Phi) is 7.15. The van der Waals surface area contributed by atoms with E-state index in [0.717, 1.165) is 12.8 Å². The molecule has 0 bridgehead atoms. The number of ketones is 1. The van der Waals surface area contributed by atoms with Gasteiger partial charge in [0.15, 0.2) is 5.82 Å². The van der Waals surface area contributed by atoms with Crippen molar-refractivity contribution in [3.63, 3.8) is 0 Å². The summed E-state index contributed by atoms with van der Waals surface area (Å²) in [6, 6.07) is 4.75. The molecule has 6 nitrogen and oxygen atoms in total. The van der Waals surface area contributed by atoms with Crippen molar-refractivity contribution in [2.24, 2.45) is 0 Å². The zero-order valence-corrected chi connectivity index (χ0v) is 15.5. The van der Waals surface area contributed by atoms with Gasteiger partial charge in [-0.2, -0.15) is 5.10 Å². The number of amides is 1. The molecule has 1 heterocycles. The molecule has 0 radical (unpaired) electrons. The maximum atomic E-state index is 14.0. The van der Waals surface area contributed by atoms with Crippen LogP contribution in [0.15, 0.2) is 24.4 Å². The van der Waals surface area contributed by atoms with Gasteiger partial charge >= 0.3 is 6.09 Å². The Bertz CT molecular complexity index is 792. The minimum atomic E-state index is -0.746. The standard InChI is InChI=1S/C18H21ClFN3O3/c1-12-6-7-15(19)14(17(12)20)11-26-18(25)21-16-8-10-23(22-16)9-4-3-5-13(2)24/h6-8,10H,3-5,9,11H2,1-2H3,(H,21,22,25). The number of rotatable bonds is 8. The zero-order chi connectivity index (χ0) is 19.1. The Morgan fingerprint density at radius 2 is 2.08 bits per heavy atom. The molecule has 140 valence electrons. The fourth-order valence-electron chi connectivity index (χ4n) is 2.33. The van der Waals surface area contributed by atoms with Crippen molar-refractivity contribution in [3.05, 3.63) is 46.4 Å². The molecule has 1 N–H and O–H groups in total. The molecule has 2 rings (SSSR count). The SMILES string of the molecule is CC(=O)CCCCn1ccc(NC(=O)OCc2c(Cl)ccc(C)c2F)n1. The third kappa shape index (κ3) is 5.84. The maximum Gasteiger partial charge on any atom is 0.413 e. The Hall–Kier alpha value is -2.41. The molecular formula is C18H21ClFN3O3. The second-order valence-corrected chi connectivity index (χ2v) is 6.39. The number of aryl methyl sites for hydroxylation is 2. The van der Waals surface area contributed by atoms with Gasteiger partial charge in [-0.15, -0.1) is 0 Å². The number of carbonyl (C=O) groups excluding carboxylic acids is 2. The van der Waals surface area contributed by atoms with Crippen LogP contribution in [0, 0.1) is 12.7 Å². The van der Waals surface area contributed by atoms with Crippen LogP contribution >= 0.6 is 11.6 Å². The van der Waals surface area contributed by atoms with Gasteiger partial charge in [0.05, 0.1) is 5.02 Å². The molecule has 26 heavy (non-hydrogen) atoms. The molecule has 0 spiro atoms. The van der Waals surface area contributed by atoms with Gasteiger partial charge in [-0.3, -0.25) is 10.00 Å². The molecule has 0 unspecified atom stereocenters. The number of carbonyl (C=O) groups is 2. The van der Waals surface area contributed by atoms with Crippen LogP contribution in [0.2, 0.25) is 5.02 Å². The molecular weight excluding hydrogens is 361 g/mol. The lowest BCUT2D eigenvalue weighted by Gasteiger charge is -2.09. The summed E-state index contributed by atoms with van der Waals surface area (Å²) in [5.74, 6) is 0.0123. The van der Waals surface area contributed by atoms with E-state index in [1.807, 2.05) is 0 Å². The van der Waals surface area contributed by atoms with Crippen molar-refractivity contribution < 1.29 is 18.7 Å². The Balaban J connectivity index is 1.82. The van der Waals surface area contributed by atoms with Gasteiger partial charge in [0.2, 0.25) is 0 Å². The molecule has 1 aromatic carbocycles. The highest BCUT2D eigenvalue weighted by atomic mass is 35.5. The van der Waals surface area contributed by atoms with Crippen molar-refractivity contribution in [1.82, 2.24) is 9.78 Å². The number of nitrogens with one attached hydrogen (secondary N) is 1. The first-order valence-electron chi connectivity index (χ1n) is 8.27. The molecule has 0 fully saturated rings. The van der Waals surface area contributed by atoms with Crippen LogP contribution in [0.3, 0.4) is 0 Å². The van der Waals surface area contributed by atoms with Crippen LogP contribution in [-0.2, 0) is 22.7 Å². The van der Waals surface area contributed by atoms with Gasteiger partial charge in [-0.1, -0.05) is 17.7 Å². The van der Waals surface area contributed by atoms with Gasteiger partial charge in [0, 0.05) is 30.8 Å². The van der Waals surface area contributed by atoms with Crippen molar-refractivity contribution >= 4 is 29.3 Å². The second kappa shape index (κ2) is 9.33. The number of anilines is 1. The summed E-state index contributed by atoms with van der Waals surface area (Å²) in [5.41, 5.74) is 0.565. The smallest absolute Gasteiger partial charge is 0.413 e. The normalized spacial score (nSPS) is 10.6. The average Bonchev–Trinajstić information content (AvgIpc) is 3.02. The second-order valence-electron chi connectivity index (χ2n) is 5.98. The minimum absolute atomic E-state index is 0.137. The van der Waals surface area contributed by atoms with Crippen molar-refractivity contribution in [3.8, 4) is 0 Å². The molecule has 1 amide bonds. The van der Waals surface area contributed by atoms with Gasteiger partial charge in [0.25, 0.3) is 0 Å². The third-order valence-electron chi connectivity index (χ3n) is 3.76. The van der Waals surface area contributed by atoms with E-state index in [2.05, 4.69) is 10.4 Å². The lowest BCUT2D eigenvalue weighted by atomic mass is 10.1. The predicted molar refractivity (Wildman–Crippen MR) is 96.7 cm³/mol. The highest BCUT2D eigenvalue weighted by molar-refractivity contribution is 6.31. The van der Waals surface area contributed by atoms with Crippen LogP contribution in [0.4, 0.5) is 15.0 Å². The largest absolute Gasteiger partial charge is 0.444 e. The van der Waals surface area contributed by atoms with Crippen LogP contribution in [0.1, 0.15) is 37.3 Å². The van der Waals surface area contributed by atoms with E-state index in [9.17, 15) is 14.0 Å². The van der Waals surface area contributed by atoms with E-state index in [1.54, 1.807) is 42.9 Å². The summed E-state index contributed by atoms with van der Waals surface area (Å²) in [6.07, 6.45) is 3.14. The first-order chi connectivity index (χ1) is 12.4. The van der Waals surface area contributed by atoms with Crippen molar-refractivity contribution in [2.75, 3.05) is 5.32 Å². The van der Waals surface area contributed by atoms with Gasteiger partial charge in [-0.25, -0.2) is 9.18 Å². The number of hydrogen-bond acceptors (Lipinski definition) is 4. The van der Waals surface area contributed by atoms with E-state index in [4.69, 9.17) is 16.3 Å². The molecule has 0 saturated carbocycles. The molecule has 0 saturated heterocycles. The fraction of sp³-hybridized carbons (Fsp3) is 0.389. The highest BCUT2D eigenvalue weighted by Crippen LogP contribution is 2.22. The van der Waals surface area contributed by atoms with Gasteiger partial charge in [-0.05, 0) is 38.3 Å². The fourth-order valence-corrected chi connectivity index (χ4v) is 2.53. The number of aromatic nitrogens is 2. The predicted octanol–water partition coefficient (Wildman–Crippen LogP) is 4.49. The van der Waals surface area contributed by atoms with Gasteiger partial charge in [0.1, 0.15) is 18.2 Å². The zero-order valence-electron chi connectivity index (χ0n) is 14.7. The van der Waals surface area contributed by atoms with Crippen LogP contribution in [0.25, 0.3) is 0 Å². The van der Waals surface area contributed by atoms with E-state index in [0.29, 0.717) is 24.3 Å². The molecule has 0 atom stereocenters. The summed E-state index contributed by atoms with van der Waals surface area (Å²) in [4.78, 5) is 22.7. The summed E-state index contributed by atoms with van der Waals surface area (Å²) >= 11 is 5.94. The number of ether oxygens (including phenoxy) is 1. The van der Waals surface area contributed by atoms with Crippen LogP contribution in [-0.4, -0.2) is 21.7 Å². The van der Waals surface area contributed by atoms with Crippen LogP contribution < -0.4 is 5.32 Å². The Labute approximate surface area is 156 Å². The number of hydrogen-bond donors (Lipinski definition) is 1. The number of unbranched alkanes of at least 4 members (excludes halogenated alkanes) is 1. The van der Waals surface area contributed by atoms with Gasteiger partial charge < -0.3 is 9.53 Å². The number of benzene rings is 1. The molecule has 2 aromatic rings. The lowest BCUT2D eigenvalue weighted by Crippen LogP contribution is -2.15. The van der Waals surface area contributed by atoms with Crippen molar-refractivity contribution in [1.29, 1.82) is 0 Å². The first-order valence-corrected chi connectivity index (χ1v) is 8.64. The molecule has 1 aromatic heterocycles. The summed E-state index contributed by atoms with van der Waals surface area (Å²) in [5, 5.41) is 6.88. The topological polar surface area (TPSA) is 73.2 Å². The Morgan fingerprint density at radius 3 is 2.81 bits per heavy atom. The Morgan fingerprint density at radius 1 is 1.31 bits per heavy atom. The molecule has 0 aliphatic rings.